The third-order valence-corrected chi connectivity index (χ3v) is 8.39. The van der Waals surface area contributed by atoms with Gasteiger partial charge in [-0.3, -0.25) is 14.4 Å². The number of amides is 1. The number of ether oxygens (including phenoxy) is 1. The van der Waals surface area contributed by atoms with Gasteiger partial charge in [0.25, 0.3) is 0 Å². The molecule has 0 spiro atoms. The van der Waals surface area contributed by atoms with Gasteiger partial charge in [0.2, 0.25) is 5.91 Å². The van der Waals surface area contributed by atoms with E-state index in [1.165, 1.54) is 12.0 Å². The molecule has 1 unspecified atom stereocenters. The molecule has 200 valence electrons. The van der Waals surface area contributed by atoms with Crippen LogP contribution < -0.4 is 5.32 Å². The van der Waals surface area contributed by atoms with Crippen molar-refractivity contribution in [2.24, 2.45) is 4.99 Å². The van der Waals surface area contributed by atoms with E-state index in [0.717, 1.165) is 38.8 Å². The van der Waals surface area contributed by atoms with Gasteiger partial charge in [-0.05, 0) is 63.1 Å². The van der Waals surface area contributed by atoms with Crippen LogP contribution in [-0.4, -0.2) is 39.5 Å². The molecule has 0 bridgehead atoms. The second-order valence-electron chi connectivity index (χ2n) is 9.51. The zero-order valence-electron chi connectivity index (χ0n) is 22.3. The molecule has 4 aromatic rings. The molecule has 3 heterocycles. The SMILES string of the molecule is COC(=O)c1ccc(C(C)NC(=O)C[C@@H]2N=C(c3ccc(Cl)cc3)c3c(sc(C)c3C)-n3c(C)nnc32)cc1. The second kappa shape index (κ2) is 10.7. The number of fused-ring (bicyclic) bond motifs is 3. The molecule has 0 aliphatic carbocycles. The van der Waals surface area contributed by atoms with Crippen LogP contribution in [0, 0.1) is 20.8 Å². The number of nitrogens with one attached hydrogen (secondary N) is 1. The van der Waals surface area contributed by atoms with Crippen LogP contribution in [0.1, 0.15) is 74.6 Å². The zero-order chi connectivity index (χ0) is 27.8. The Morgan fingerprint density at radius 3 is 2.44 bits per heavy atom. The fourth-order valence-electron chi connectivity index (χ4n) is 4.72. The quantitative estimate of drug-likeness (QED) is 0.298. The summed E-state index contributed by atoms with van der Waals surface area (Å²) in [5.74, 6) is 0.794. The van der Waals surface area contributed by atoms with E-state index in [-0.39, 0.29) is 18.4 Å². The predicted octanol–water partition coefficient (Wildman–Crippen LogP) is 5.85. The van der Waals surface area contributed by atoms with Crippen molar-refractivity contribution < 1.29 is 14.3 Å². The van der Waals surface area contributed by atoms with Crippen molar-refractivity contribution >= 4 is 40.5 Å². The number of rotatable bonds is 6. The van der Waals surface area contributed by atoms with Crippen molar-refractivity contribution in [2.75, 3.05) is 7.11 Å². The number of halogens is 1. The van der Waals surface area contributed by atoms with Crippen LogP contribution in [0.2, 0.25) is 5.02 Å². The molecule has 5 rings (SSSR count). The first kappa shape index (κ1) is 26.8. The molecule has 0 radical (unpaired) electrons. The molecule has 10 heteroatoms. The van der Waals surface area contributed by atoms with Gasteiger partial charge in [0.1, 0.15) is 16.9 Å². The minimum atomic E-state index is -0.551. The molecule has 0 fully saturated rings. The number of aromatic nitrogens is 3. The number of carbonyl (C=O) groups excluding carboxylic acids is 2. The number of esters is 1. The first-order chi connectivity index (χ1) is 18.7. The summed E-state index contributed by atoms with van der Waals surface area (Å²) in [6, 6.07) is 13.8. The fraction of sp³-hybridized carbons (Fsp3) is 0.276. The number of hydrogen-bond donors (Lipinski definition) is 1. The van der Waals surface area contributed by atoms with Crippen molar-refractivity contribution in [1.29, 1.82) is 0 Å². The molecule has 2 aromatic carbocycles. The maximum absolute atomic E-state index is 13.3. The third-order valence-electron chi connectivity index (χ3n) is 6.95. The van der Waals surface area contributed by atoms with Crippen LogP contribution in [0.25, 0.3) is 5.00 Å². The van der Waals surface area contributed by atoms with Crippen LogP contribution in [0.3, 0.4) is 0 Å². The topological polar surface area (TPSA) is 98.5 Å². The van der Waals surface area contributed by atoms with Crippen LogP contribution >= 0.6 is 22.9 Å². The maximum Gasteiger partial charge on any atom is 0.337 e. The van der Waals surface area contributed by atoms with Gasteiger partial charge in [-0.1, -0.05) is 35.9 Å². The van der Waals surface area contributed by atoms with Crippen LogP contribution in [0.15, 0.2) is 53.5 Å². The van der Waals surface area contributed by atoms with Gasteiger partial charge in [-0.25, -0.2) is 4.79 Å². The molecule has 8 nitrogen and oxygen atoms in total. The summed E-state index contributed by atoms with van der Waals surface area (Å²) in [5.41, 5.74) is 5.20. The van der Waals surface area contributed by atoms with Crippen molar-refractivity contribution in [3.05, 3.63) is 97.9 Å². The Hall–Kier alpha value is -3.82. The van der Waals surface area contributed by atoms with Gasteiger partial charge in [-0.2, -0.15) is 0 Å². The van der Waals surface area contributed by atoms with Gasteiger partial charge < -0.3 is 10.1 Å². The highest BCUT2D eigenvalue weighted by molar-refractivity contribution is 7.15. The lowest BCUT2D eigenvalue weighted by atomic mass is 9.99. The lowest BCUT2D eigenvalue weighted by Gasteiger charge is -2.17. The van der Waals surface area contributed by atoms with Crippen molar-refractivity contribution in [3.8, 4) is 5.00 Å². The maximum atomic E-state index is 13.3. The van der Waals surface area contributed by atoms with Gasteiger partial charge in [0.15, 0.2) is 5.82 Å². The Balaban J connectivity index is 1.49. The van der Waals surface area contributed by atoms with Crippen molar-refractivity contribution in [3.63, 3.8) is 0 Å². The normalized spacial score (nSPS) is 15.0. The van der Waals surface area contributed by atoms with Gasteiger partial charge in [0, 0.05) is 21.0 Å². The van der Waals surface area contributed by atoms with Gasteiger partial charge in [0.05, 0.1) is 30.8 Å². The van der Waals surface area contributed by atoms with E-state index in [2.05, 4.69) is 29.4 Å². The van der Waals surface area contributed by atoms with Gasteiger partial charge >= 0.3 is 5.97 Å². The minimum absolute atomic E-state index is 0.0901. The summed E-state index contributed by atoms with van der Waals surface area (Å²) < 4.78 is 6.79. The molecule has 0 saturated carbocycles. The van der Waals surface area contributed by atoms with Gasteiger partial charge in [-0.15, -0.1) is 21.5 Å². The molecule has 0 saturated heterocycles. The number of hydrogen-bond acceptors (Lipinski definition) is 7. The summed E-state index contributed by atoms with van der Waals surface area (Å²) in [6.45, 7) is 8.00. The average molecular weight is 562 g/mol. The monoisotopic (exact) mass is 561 g/mol. The number of benzene rings is 2. The number of aliphatic imine (C=N–C) groups is 1. The number of methoxy groups -OCH3 is 1. The first-order valence-corrected chi connectivity index (χ1v) is 13.7. The molecular weight excluding hydrogens is 534 g/mol. The predicted molar refractivity (Wildman–Crippen MR) is 152 cm³/mol. The van der Waals surface area contributed by atoms with Crippen LogP contribution in [0.4, 0.5) is 0 Å². The highest BCUT2D eigenvalue weighted by atomic mass is 35.5. The molecule has 2 atom stereocenters. The Morgan fingerprint density at radius 1 is 1.08 bits per heavy atom. The van der Waals surface area contributed by atoms with E-state index in [1.807, 2.05) is 54.8 Å². The Morgan fingerprint density at radius 2 is 1.77 bits per heavy atom. The number of nitrogens with zero attached hydrogens (tertiary/aromatic N) is 4. The average Bonchev–Trinajstić information content (AvgIpc) is 3.40. The Bertz CT molecular complexity index is 1590. The number of thiophene rings is 1. The molecule has 1 amide bonds. The third kappa shape index (κ3) is 5.12. The molecule has 1 N–H and O–H groups in total. The second-order valence-corrected chi connectivity index (χ2v) is 11.2. The van der Waals surface area contributed by atoms with Crippen molar-refractivity contribution in [2.45, 2.75) is 46.2 Å². The zero-order valence-corrected chi connectivity index (χ0v) is 23.9. The summed E-state index contributed by atoms with van der Waals surface area (Å²) in [4.78, 5) is 31.4. The van der Waals surface area contributed by atoms with Crippen LogP contribution in [-0.2, 0) is 9.53 Å². The van der Waals surface area contributed by atoms with Crippen molar-refractivity contribution in [1.82, 2.24) is 20.1 Å². The van der Waals surface area contributed by atoms with E-state index >= 15 is 0 Å². The van der Waals surface area contributed by atoms with E-state index in [4.69, 9.17) is 21.3 Å². The van der Waals surface area contributed by atoms with E-state index in [0.29, 0.717) is 16.4 Å². The smallest absolute Gasteiger partial charge is 0.337 e. The van der Waals surface area contributed by atoms with E-state index in [9.17, 15) is 9.59 Å². The number of aryl methyl sites for hydroxylation is 2. The molecular formula is C29H28ClN5O3S. The molecule has 39 heavy (non-hydrogen) atoms. The summed E-state index contributed by atoms with van der Waals surface area (Å²) in [5, 5.41) is 13.5. The summed E-state index contributed by atoms with van der Waals surface area (Å²) >= 11 is 7.86. The van der Waals surface area contributed by atoms with E-state index < -0.39 is 12.0 Å². The highest BCUT2D eigenvalue weighted by Crippen LogP contribution is 2.39. The fourth-order valence-corrected chi connectivity index (χ4v) is 6.06. The van der Waals surface area contributed by atoms with E-state index in [1.54, 1.807) is 23.5 Å². The van der Waals surface area contributed by atoms with Crippen LogP contribution in [0.5, 0.6) is 0 Å². The number of carbonyl (C=O) groups is 2. The summed E-state index contributed by atoms with van der Waals surface area (Å²) in [6.07, 6.45) is 0.0901. The first-order valence-electron chi connectivity index (χ1n) is 12.5. The highest BCUT2D eigenvalue weighted by Gasteiger charge is 2.32. The molecule has 2 aromatic heterocycles. The largest absolute Gasteiger partial charge is 0.465 e. The molecule has 1 aliphatic rings. The Labute approximate surface area is 235 Å². The Kier molecular flexibility index (Phi) is 7.38. The molecule has 1 aliphatic heterocycles. The summed E-state index contributed by atoms with van der Waals surface area (Å²) in [7, 11) is 1.34. The minimum Gasteiger partial charge on any atom is -0.465 e. The lowest BCUT2D eigenvalue weighted by Crippen LogP contribution is -2.28. The lowest BCUT2D eigenvalue weighted by molar-refractivity contribution is -0.122. The standard InChI is InChI=1S/C29H28ClN5O3S/c1-15-17(3)39-28-25(15)26(20-10-12-22(30)13-11-20)32-23(27-34-33-18(4)35(27)28)14-24(36)31-16(2)19-6-8-21(9-7-19)29(37)38-5/h6-13,16,23H,14H2,1-5H3,(H,31,36)/t16?,23-/m0/s1.